The van der Waals surface area contributed by atoms with E-state index in [1.807, 2.05) is 11.1 Å². The Kier molecular flexibility index (Phi) is 3.68. The number of piperidine rings is 1. The number of H-pyrrole nitrogens is 1. The van der Waals surface area contributed by atoms with E-state index in [0.29, 0.717) is 23.5 Å². The van der Waals surface area contributed by atoms with Crippen molar-refractivity contribution in [3.05, 3.63) is 42.0 Å². The molecule has 1 fully saturated rings. The molecule has 0 saturated carbocycles. The van der Waals surface area contributed by atoms with Gasteiger partial charge >= 0.3 is 0 Å². The molecule has 1 unspecified atom stereocenters. The number of anilines is 1. The fourth-order valence-electron chi connectivity index (χ4n) is 3.28. The average molecular weight is 326 g/mol. The molecule has 24 heavy (non-hydrogen) atoms. The molecule has 1 saturated heterocycles. The maximum absolute atomic E-state index is 12.8. The number of aromatic amines is 1. The second kappa shape index (κ2) is 5.99. The van der Waals surface area contributed by atoms with Crippen molar-refractivity contribution in [1.82, 2.24) is 14.9 Å². The van der Waals surface area contributed by atoms with Gasteiger partial charge in [0.25, 0.3) is 11.8 Å². The highest BCUT2D eigenvalue weighted by Gasteiger charge is 2.27. The Bertz CT molecular complexity index is 772. The van der Waals surface area contributed by atoms with Crippen molar-refractivity contribution >= 4 is 17.5 Å². The second-order valence-corrected chi connectivity index (χ2v) is 6.11. The van der Waals surface area contributed by atoms with Gasteiger partial charge in [0.15, 0.2) is 6.61 Å². The first-order valence-corrected chi connectivity index (χ1v) is 8.06. The molecule has 0 spiro atoms. The lowest BCUT2D eigenvalue weighted by Crippen LogP contribution is -2.39. The monoisotopic (exact) mass is 326 g/mol. The highest BCUT2D eigenvalue weighted by molar-refractivity contribution is 5.99. The van der Waals surface area contributed by atoms with Crippen LogP contribution in [0.3, 0.4) is 0 Å². The molecule has 1 aromatic heterocycles. The van der Waals surface area contributed by atoms with Crippen LogP contribution in [0.2, 0.25) is 0 Å². The number of benzene rings is 1. The second-order valence-electron chi connectivity index (χ2n) is 6.11. The lowest BCUT2D eigenvalue weighted by atomic mass is 9.96. The van der Waals surface area contributed by atoms with Crippen molar-refractivity contribution < 1.29 is 14.3 Å². The number of ether oxygens (including phenoxy) is 1. The van der Waals surface area contributed by atoms with E-state index in [-0.39, 0.29) is 24.3 Å². The largest absolute Gasteiger partial charge is 0.482 e. The highest BCUT2D eigenvalue weighted by atomic mass is 16.5. The predicted molar refractivity (Wildman–Crippen MR) is 87.0 cm³/mol. The Morgan fingerprint density at radius 1 is 1.38 bits per heavy atom. The zero-order valence-electron chi connectivity index (χ0n) is 13.1. The number of nitrogens with one attached hydrogen (secondary N) is 2. The Morgan fingerprint density at radius 3 is 3.12 bits per heavy atom. The van der Waals surface area contributed by atoms with Gasteiger partial charge in [-0.25, -0.2) is 4.98 Å². The van der Waals surface area contributed by atoms with E-state index in [2.05, 4.69) is 15.3 Å². The molecule has 0 aliphatic carbocycles. The van der Waals surface area contributed by atoms with Crippen LogP contribution in [0.1, 0.15) is 34.9 Å². The first-order valence-electron chi connectivity index (χ1n) is 8.06. The standard InChI is InChI=1S/C17H18N4O3/c22-15-10-24-14-8-11(3-4-13(14)20-15)17(23)21-7-1-2-12(9-21)16-18-5-6-19-16/h3-6,8,12H,1-2,7,9-10H2,(H,18,19)(H,20,22). The van der Waals surface area contributed by atoms with Gasteiger partial charge in [0, 0.05) is 37.0 Å². The van der Waals surface area contributed by atoms with E-state index >= 15 is 0 Å². The maximum atomic E-state index is 12.8. The quantitative estimate of drug-likeness (QED) is 0.880. The van der Waals surface area contributed by atoms with Gasteiger partial charge in [-0.2, -0.15) is 0 Å². The van der Waals surface area contributed by atoms with Gasteiger partial charge in [-0.3, -0.25) is 9.59 Å². The number of aromatic nitrogens is 2. The summed E-state index contributed by atoms with van der Waals surface area (Å²) in [6, 6.07) is 5.15. The third-order valence-corrected chi connectivity index (χ3v) is 4.48. The Balaban J connectivity index is 1.52. The predicted octanol–water partition coefficient (Wildman–Crippen LogP) is 1.76. The van der Waals surface area contributed by atoms with Crippen molar-refractivity contribution in [2.45, 2.75) is 18.8 Å². The van der Waals surface area contributed by atoms with Crippen LogP contribution in [0.5, 0.6) is 5.75 Å². The van der Waals surface area contributed by atoms with Crippen molar-refractivity contribution in [2.75, 3.05) is 25.0 Å². The summed E-state index contributed by atoms with van der Waals surface area (Å²) >= 11 is 0. The summed E-state index contributed by atoms with van der Waals surface area (Å²) in [6.45, 7) is 1.38. The zero-order valence-corrected chi connectivity index (χ0v) is 13.1. The van der Waals surface area contributed by atoms with Crippen LogP contribution in [0.25, 0.3) is 0 Å². The van der Waals surface area contributed by atoms with Gasteiger partial charge in [0.05, 0.1) is 5.69 Å². The molecule has 4 rings (SSSR count). The molecule has 0 radical (unpaired) electrons. The lowest BCUT2D eigenvalue weighted by Gasteiger charge is -2.32. The zero-order chi connectivity index (χ0) is 16.5. The van der Waals surface area contributed by atoms with Crippen LogP contribution in [-0.4, -0.2) is 46.4 Å². The van der Waals surface area contributed by atoms with Gasteiger partial charge in [0.2, 0.25) is 0 Å². The molecule has 2 aliphatic heterocycles. The summed E-state index contributed by atoms with van der Waals surface area (Å²) in [7, 11) is 0. The minimum atomic E-state index is -0.182. The molecular formula is C17H18N4O3. The number of imidazole rings is 1. The first-order chi connectivity index (χ1) is 11.7. The average Bonchev–Trinajstić information content (AvgIpc) is 3.15. The Morgan fingerprint density at radius 2 is 2.29 bits per heavy atom. The number of carbonyl (C=O) groups excluding carboxylic acids is 2. The van der Waals surface area contributed by atoms with Crippen molar-refractivity contribution in [1.29, 1.82) is 0 Å². The summed E-state index contributed by atoms with van der Waals surface area (Å²) < 4.78 is 5.40. The first kappa shape index (κ1) is 14.7. The highest BCUT2D eigenvalue weighted by Crippen LogP contribution is 2.30. The number of hydrogen-bond donors (Lipinski definition) is 2. The fourth-order valence-corrected chi connectivity index (χ4v) is 3.28. The number of likely N-dealkylation sites (tertiary alicyclic amines) is 1. The summed E-state index contributed by atoms with van der Waals surface area (Å²) in [4.78, 5) is 33.5. The molecule has 124 valence electrons. The van der Waals surface area contributed by atoms with Crippen molar-refractivity contribution in [2.24, 2.45) is 0 Å². The van der Waals surface area contributed by atoms with Gasteiger partial charge < -0.3 is 19.9 Å². The van der Waals surface area contributed by atoms with Crippen LogP contribution in [-0.2, 0) is 4.79 Å². The minimum Gasteiger partial charge on any atom is -0.482 e. The topological polar surface area (TPSA) is 87.3 Å². The molecule has 2 N–H and O–H groups in total. The molecule has 7 heteroatoms. The van der Waals surface area contributed by atoms with Crippen molar-refractivity contribution in [3.63, 3.8) is 0 Å². The van der Waals surface area contributed by atoms with Crippen LogP contribution in [0.15, 0.2) is 30.6 Å². The number of hydrogen-bond acceptors (Lipinski definition) is 4. The van der Waals surface area contributed by atoms with Crippen LogP contribution in [0.4, 0.5) is 5.69 Å². The summed E-state index contributed by atoms with van der Waals surface area (Å²) in [5.74, 6) is 1.52. The van der Waals surface area contributed by atoms with Gasteiger partial charge in [-0.15, -0.1) is 0 Å². The summed E-state index contributed by atoms with van der Waals surface area (Å²) in [6.07, 6.45) is 5.53. The Labute approximate surface area is 139 Å². The van der Waals surface area contributed by atoms with E-state index in [9.17, 15) is 9.59 Å². The van der Waals surface area contributed by atoms with E-state index in [4.69, 9.17) is 4.74 Å². The smallest absolute Gasteiger partial charge is 0.262 e. The fraction of sp³-hybridized carbons (Fsp3) is 0.353. The van der Waals surface area contributed by atoms with Gasteiger partial charge in [-0.1, -0.05) is 0 Å². The molecule has 3 heterocycles. The molecule has 0 bridgehead atoms. The van der Waals surface area contributed by atoms with Crippen molar-refractivity contribution in [3.8, 4) is 5.75 Å². The molecule has 2 aliphatic rings. The van der Waals surface area contributed by atoms with E-state index in [0.717, 1.165) is 25.2 Å². The van der Waals surface area contributed by atoms with Gasteiger partial charge in [-0.05, 0) is 31.0 Å². The molecule has 2 aromatic rings. The van der Waals surface area contributed by atoms with Crippen LogP contribution < -0.4 is 10.1 Å². The van der Waals surface area contributed by atoms with Crippen LogP contribution >= 0.6 is 0 Å². The van der Waals surface area contributed by atoms with E-state index in [1.54, 1.807) is 24.4 Å². The molecular weight excluding hydrogens is 308 g/mol. The summed E-state index contributed by atoms with van der Waals surface area (Å²) in [5, 5.41) is 2.73. The van der Waals surface area contributed by atoms with E-state index < -0.39 is 0 Å². The minimum absolute atomic E-state index is 0.0189. The van der Waals surface area contributed by atoms with E-state index in [1.165, 1.54) is 0 Å². The van der Waals surface area contributed by atoms with Gasteiger partial charge in [0.1, 0.15) is 11.6 Å². The molecule has 1 atom stereocenters. The number of carbonyl (C=O) groups is 2. The number of amides is 2. The SMILES string of the molecule is O=C1COc2cc(C(=O)N3CCCC(c4ncc[nH]4)C3)ccc2N1. The molecule has 1 aromatic carbocycles. The number of nitrogens with zero attached hydrogens (tertiary/aromatic N) is 2. The number of rotatable bonds is 2. The normalized spacial score (nSPS) is 20.1. The Hall–Kier alpha value is -2.83. The third-order valence-electron chi connectivity index (χ3n) is 4.48. The molecule has 7 nitrogen and oxygen atoms in total. The molecule has 2 amide bonds. The lowest BCUT2D eigenvalue weighted by molar-refractivity contribution is -0.118. The van der Waals surface area contributed by atoms with Crippen LogP contribution in [0, 0.1) is 0 Å². The third kappa shape index (κ3) is 2.73. The summed E-state index contributed by atoms with van der Waals surface area (Å²) in [5.41, 5.74) is 1.18. The number of fused-ring (bicyclic) bond motifs is 1. The maximum Gasteiger partial charge on any atom is 0.262 e.